The maximum atomic E-state index is 10.7. The Morgan fingerprint density at radius 3 is 2.65 bits per heavy atom. The lowest BCUT2D eigenvalue weighted by Gasteiger charge is -2.02. The molecule has 0 aliphatic rings. The fraction of sp³-hybridized carbons (Fsp3) is 0.0909. The quantitative estimate of drug-likeness (QED) is 0.855. The maximum absolute atomic E-state index is 10.7. The van der Waals surface area contributed by atoms with Crippen molar-refractivity contribution in [3.05, 3.63) is 36.3 Å². The number of aromatic nitrogens is 3. The van der Waals surface area contributed by atoms with E-state index in [2.05, 4.69) is 15.0 Å². The van der Waals surface area contributed by atoms with Crippen molar-refractivity contribution >= 4 is 5.97 Å². The first-order chi connectivity index (χ1) is 8.20. The third kappa shape index (κ3) is 2.36. The Balaban J connectivity index is 2.36. The van der Waals surface area contributed by atoms with Crippen LogP contribution in [0.5, 0.6) is 5.88 Å². The summed E-state index contributed by atoms with van der Waals surface area (Å²) < 4.78 is 4.97. The van der Waals surface area contributed by atoms with Crippen LogP contribution in [-0.2, 0) is 0 Å². The summed E-state index contributed by atoms with van der Waals surface area (Å²) in [6.07, 6.45) is 2.65. The van der Waals surface area contributed by atoms with Crippen molar-refractivity contribution in [2.75, 3.05) is 7.11 Å². The number of pyridine rings is 1. The highest BCUT2D eigenvalue weighted by Crippen LogP contribution is 2.17. The first-order valence-corrected chi connectivity index (χ1v) is 4.76. The first kappa shape index (κ1) is 11.0. The Labute approximate surface area is 96.9 Å². The van der Waals surface area contributed by atoms with E-state index in [1.165, 1.54) is 25.7 Å². The van der Waals surface area contributed by atoms with Crippen LogP contribution in [0.25, 0.3) is 11.4 Å². The lowest BCUT2D eigenvalue weighted by atomic mass is 10.2. The molecule has 1 N–H and O–H groups in total. The molecule has 6 nitrogen and oxygen atoms in total. The Morgan fingerprint density at radius 2 is 2.06 bits per heavy atom. The number of hydrogen-bond acceptors (Lipinski definition) is 5. The largest absolute Gasteiger partial charge is 0.481 e. The molecule has 2 aromatic heterocycles. The van der Waals surface area contributed by atoms with Crippen molar-refractivity contribution in [1.29, 1.82) is 0 Å². The summed E-state index contributed by atoms with van der Waals surface area (Å²) in [4.78, 5) is 22.6. The average Bonchev–Trinajstić information content (AvgIpc) is 2.39. The van der Waals surface area contributed by atoms with Gasteiger partial charge < -0.3 is 9.84 Å². The van der Waals surface area contributed by atoms with Gasteiger partial charge in [-0.25, -0.2) is 14.8 Å². The zero-order valence-electron chi connectivity index (χ0n) is 8.99. The topological polar surface area (TPSA) is 85.2 Å². The van der Waals surface area contributed by atoms with Crippen molar-refractivity contribution in [1.82, 2.24) is 15.0 Å². The lowest BCUT2D eigenvalue weighted by molar-refractivity contribution is 0.0696. The zero-order valence-corrected chi connectivity index (χ0v) is 8.99. The zero-order chi connectivity index (χ0) is 12.3. The smallest absolute Gasteiger partial charge is 0.337 e. The summed E-state index contributed by atoms with van der Waals surface area (Å²) in [7, 11) is 1.51. The Morgan fingerprint density at radius 1 is 1.24 bits per heavy atom. The van der Waals surface area contributed by atoms with E-state index in [1.54, 1.807) is 12.1 Å². The van der Waals surface area contributed by atoms with Crippen molar-refractivity contribution in [2.45, 2.75) is 0 Å². The number of nitrogens with zero attached hydrogens (tertiary/aromatic N) is 3. The van der Waals surface area contributed by atoms with Crippen LogP contribution >= 0.6 is 0 Å². The number of aromatic carboxylic acids is 1. The summed E-state index contributed by atoms with van der Waals surface area (Å²) in [6, 6.07) is 4.69. The van der Waals surface area contributed by atoms with Crippen molar-refractivity contribution < 1.29 is 14.6 Å². The summed E-state index contributed by atoms with van der Waals surface area (Å²) >= 11 is 0. The molecule has 0 fully saturated rings. The molecule has 6 heteroatoms. The molecule has 2 rings (SSSR count). The normalized spacial score (nSPS) is 9.94. The van der Waals surface area contributed by atoms with Gasteiger partial charge in [-0.1, -0.05) is 0 Å². The van der Waals surface area contributed by atoms with E-state index in [0.717, 1.165) is 0 Å². The molecule has 0 radical (unpaired) electrons. The number of ether oxygens (including phenoxy) is 1. The lowest BCUT2D eigenvalue weighted by Crippen LogP contribution is -1.98. The first-order valence-electron chi connectivity index (χ1n) is 4.76. The molecule has 17 heavy (non-hydrogen) atoms. The second-order valence-electron chi connectivity index (χ2n) is 3.18. The Hall–Kier alpha value is -2.50. The van der Waals surface area contributed by atoms with E-state index in [1.807, 2.05) is 0 Å². The van der Waals surface area contributed by atoms with E-state index in [-0.39, 0.29) is 5.56 Å². The predicted octanol–water partition coefficient (Wildman–Crippen LogP) is 1.25. The Kier molecular flexibility index (Phi) is 2.95. The minimum atomic E-state index is -1.01. The number of carboxylic acids is 1. The minimum absolute atomic E-state index is 0.134. The molecule has 0 aliphatic carbocycles. The monoisotopic (exact) mass is 231 g/mol. The van der Waals surface area contributed by atoms with Crippen LogP contribution in [0.4, 0.5) is 0 Å². The highest BCUT2D eigenvalue weighted by Gasteiger charge is 2.06. The van der Waals surface area contributed by atoms with Crippen LogP contribution in [0, 0.1) is 0 Å². The third-order valence-corrected chi connectivity index (χ3v) is 2.12. The number of rotatable bonds is 3. The van der Waals surface area contributed by atoms with E-state index >= 15 is 0 Å². The second kappa shape index (κ2) is 4.56. The molecule has 0 bridgehead atoms. The highest BCUT2D eigenvalue weighted by atomic mass is 16.5. The molecule has 0 amide bonds. The van der Waals surface area contributed by atoms with Crippen LogP contribution in [-0.4, -0.2) is 33.1 Å². The third-order valence-electron chi connectivity index (χ3n) is 2.12. The molecule has 0 saturated carbocycles. The number of carbonyl (C=O) groups is 1. The van der Waals surface area contributed by atoms with Gasteiger partial charge in [-0.3, -0.25) is 4.98 Å². The van der Waals surface area contributed by atoms with Gasteiger partial charge in [0, 0.05) is 12.3 Å². The van der Waals surface area contributed by atoms with Crippen LogP contribution in [0.15, 0.2) is 30.7 Å². The van der Waals surface area contributed by atoms with Crippen molar-refractivity contribution in [3.8, 4) is 17.3 Å². The van der Waals surface area contributed by atoms with Crippen LogP contribution in [0.2, 0.25) is 0 Å². The Bertz CT molecular complexity index is 540. The van der Waals surface area contributed by atoms with Gasteiger partial charge in [0.2, 0.25) is 5.88 Å². The number of hydrogen-bond donors (Lipinski definition) is 1. The molecule has 0 saturated heterocycles. The van der Waals surface area contributed by atoms with Crippen LogP contribution in [0.3, 0.4) is 0 Å². The van der Waals surface area contributed by atoms with Gasteiger partial charge in [-0.05, 0) is 12.1 Å². The van der Waals surface area contributed by atoms with E-state index in [4.69, 9.17) is 9.84 Å². The second-order valence-corrected chi connectivity index (χ2v) is 3.18. The molecule has 2 heterocycles. The van der Waals surface area contributed by atoms with Crippen molar-refractivity contribution in [2.24, 2.45) is 0 Å². The average molecular weight is 231 g/mol. The van der Waals surface area contributed by atoms with E-state index in [0.29, 0.717) is 17.3 Å². The molecule has 86 valence electrons. The minimum Gasteiger partial charge on any atom is -0.481 e. The standard InChI is InChI=1S/C11H9N3O3/c1-17-10-4-9(13-6-14-10)8-3-2-7(5-12-8)11(15)16/h2-6H,1H3,(H,15,16). The van der Waals surface area contributed by atoms with Gasteiger partial charge in [-0.15, -0.1) is 0 Å². The van der Waals surface area contributed by atoms with Gasteiger partial charge >= 0.3 is 5.97 Å². The van der Waals surface area contributed by atoms with Gasteiger partial charge in [0.15, 0.2) is 0 Å². The van der Waals surface area contributed by atoms with Gasteiger partial charge in [0.05, 0.1) is 24.1 Å². The number of carboxylic acid groups (broad SMARTS) is 1. The van der Waals surface area contributed by atoms with E-state index < -0.39 is 5.97 Å². The molecule has 0 unspecified atom stereocenters. The highest BCUT2D eigenvalue weighted by molar-refractivity contribution is 5.87. The number of methoxy groups -OCH3 is 1. The molecule has 0 aliphatic heterocycles. The predicted molar refractivity (Wildman–Crippen MR) is 58.8 cm³/mol. The molecule has 2 aromatic rings. The SMILES string of the molecule is COc1cc(-c2ccc(C(=O)O)cn2)ncn1. The summed E-state index contributed by atoms with van der Waals surface area (Å²) in [5, 5.41) is 8.74. The van der Waals surface area contributed by atoms with Crippen molar-refractivity contribution in [3.63, 3.8) is 0 Å². The fourth-order valence-corrected chi connectivity index (χ4v) is 1.26. The molecule has 0 atom stereocenters. The van der Waals surface area contributed by atoms with Crippen LogP contribution < -0.4 is 4.74 Å². The van der Waals surface area contributed by atoms with Gasteiger partial charge in [-0.2, -0.15) is 0 Å². The molecule has 0 aromatic carbocycles. The maximum Gasteiger partial charge on any atom is 0.337 e. The molecule has 0 spiro atoms. The summed E-state index contributed by atoms with van der Waals surface area (Å²) in [6.45, 7) is 0. The van der Waals surface area contributed by atoms with Gasteiger partial charge in [0.25, 0.3) is 0 Å². The van der Waals surface area contributed by atoms with Crippen LogP contribution in [0.1, 0.15) is 10.4 Å². The summed E-state index contributed by atoms with van der Waals surface area (Å²) in [5.74, 6) is -0.580. The van der Waals surface area contributed by atoms with E-state index in [9.17, 15) is 4.79 Å². The molecular formula is C11H9N3O3. The summed E-state index contributed by atoms with van der Waals surface area (Å²) in [5.41, 5.74) is 1.28. The van der Waals surface area contributed by atoms with Gasteiger partial charge in [0.1, 0.15) is 6.33 Å². The fourth-order valence-electron chi connectivity index (χ4n) is 1.26. The molecular weight excluding hydrogens is 222 g/mol.